The molecule has 0 fully saturated rings. The first-order valence-corrected chi connectivity index (χ1v) is 9.25. The highest BCUT2D eigenvalue weighted by atomic mass is 16.2. The smallest absolute Gasteiger partial charge is 0.223 e. The summed E-state index contributed by atoms with van der Waals surface area (Å²) in [4.78, 5) is 26.2. The van der Waals surface area contributed by atoms with Crippen LogP contribution >= 0.6 is 0 Å². The molecule has 0 spiro atoms. The van der Waals surface area contributed by atoms with Crippen molar-refractivity contribution in [3.63, 3.8) is 0 Å². The molecule has 0 radical (unpaired) electrons. The van der Waals surface area contributed by atoms with Gasteiger partial charge < -0.3 is 10.2 Å². The normalized spacial score (nSPS) is 15.5. The molecule has 2 aromatic heterocycles. The topological polar surface area (TPSA) is 79.6 Å². The zero-order valence-electron chi connectivity index (χ0n) is 15.6. The molecule has 1 aromatic carbocycles. The maximum Gasteiger partial charge on any atom is 0.223 e. The van der Waals surface area contributed by atoms with Crippen molar-refractivity contribution in [2.24, 2.45) is 0 Å². The molecule has 0 saturated heterocycles. The Morgan fingerprint density at radius 2 is 1.93 bits per heavy atom. The maximum absolute atomic E-state index is 12.6. The Balaban J connectivity index is 1.41. The summed E-state index contributed by atoms with van der Waals surface area (Å²) in [6, 6.07) is 13.3. The summed E-state index contributed by atoms with van der Waals surface area (Å²) in [5.41, 5.74) is 2.80. The number of rotatable bonds is 5. The summed E-state index contributed by atoms with van der Waals surface area (Å²) < 4.78 is 1.91. The molecular weight excluding hydrogens is 354 g/mol. The van der Waals surface area contributed by atoms with E-state index in [0.717, 1.165) is 22.6 Å². The van der Waals surface area contributed by atoms with Crippen LogP contribution in [0.3, 0.4) is 0 Å². The van der Waals surface area contributed by atoms with Crippen LogP contribution in [-0.4, -0.2) is 37.9 Å². The van der Waals surface area contributed by atoms with Gasteiger partial charge >= 0.3 is 0 Å². The molecule has 142 valence electrons. The van der Waals surface area contributed by atoms with Gasteiger partial charge in [0, 0.05) is 32.3 Å². The van der Waals surface area contributed by atoms with Crippen LogP contribution in [0.2, 0.25) is 0 Å². The van der Waals surface area contributed by atoms with Gasteiger partial charge in [-0.25, -0.2) is 0 Å². The number of nitrogens with zero attached hydrogens (tertiary/aromatic N) is 4. The lowest BCUT2D eigenvalue weighted by Gasteiger charge is -2.32. The summed E-state index contributed by atoms with van der Waals surface area (Å²) in [6.45, 7) is 1.97. The van der Waals surface area contributed by atoms with Gasteiger partial charge in [-0.1, -0.05) is 30.3 Å². The fraction of sp³-hybridized carbons (Fsp3) is 0.238. The highest BCUT2D eigenvalue weighted by Gasteiger charge is 2.28. The number of carbonyl (C=O) groups is 2. The molecule has 3 aromatic rings. The number of fused-ring (bicyclic) bond motifs is 2. The average Bonchev–Trinajstić information content (AvgIpc) is 3.11. The zero-order valence-corrected chi connectivity index (χ0v) is 15.6. The summed E-state index contributed by atoms with van der Waals surface area (Å²) >= 11 is 0. The van der Waals surface area contributed by atoms with E-state index in [9.17, 15) is 9.59 Å². The van der Waals surface area contributed by atoms with Gasteiger partial charge in [-0.05, 0) is 29.3 Å². The predicted octanol–water partition coefficient (Wildman–Crippen LogP) is 2.35. The predicted molar refractivity (Wildman–Crippen MR) is 105 cm³/mol. The molecular formula is C21H21N5O2. The Kier molecular flexibility index (Phi) is 4.89. The SMILES string of the molecule is CC(=O)N1C=Cc2ccccc2[C@H]1CC(=O)NCCc1nnc2ccccn12. The Hall–Kier alpha value is -3.48. The largest absolute Gasteiger partial charge is 0.356 e. The third-order valence-corrected chi connectivity index (χ3v) is 4.90. The van der Waals surface area contributed by atoms with Crippen molar-refractivity contribution in [3.05, 3.63) is 71.8 Å². The number of amides is 2. The van der Waals surface area contributed by atoms with Crippen LogP contribution in [0.25, 0.3) is 11.7 Å². The van der Waals surface area contributed by atoms with Crippen LogP contribution in [0.1, 0.15) is 36.3 Å². The van der Waals surface area contributed by atoms with Gasteiger partial charge in [-0.3, -0.25) is 14.0 Å². The molecule has 28 heavy (non-hydrogen) atoms. The minimum atomic E-state index is -0.298. The Morgan fingerprint density at radius 1 is 1.11 bits per heavy atom. The molecule has 0 saturated carbocycles. The van der Waals surface area contributed by atoms with Gasteiger partial charge in [0.05, 0.1) is 12.5 Å². The second kappa shape index (κ2) is 7.64. The van der Waals surface area contributed by atoms with E-state index in [1.807, 2.05) is 59.1 Å². The van der Waals surface area contributed by atoms with Crippen molar-refractivity contribution in [2.75, 3.05) is 6.54 Å². The Bertz CT molecular complexity index is 1060. The highest BCUT2D eigenvalue weighted by molar-refractivity contribution is 5.81. The van der Waals surface area contributed by atoms with E-state index < -0.39 is 0 Å². The van der Waals surface area contributed by atoms with E-state index in [-0.39, 0.29) is 24.3 Å². The molecule has 1 aliphatic heterocycles. The molecule has 1 atom stereocenters. The van der Waals surface area contributed by atoms with E-state index in [1.165, 1.54) is 6.92 Å². The third-order valence-electron chi connectivity index (χ3n) is 4.90. The Morgan fingerprint density at radius 3 is 2.79 bits per heavy atom. The lowest BCUT2D eigenvalue weighted by atomic mass is 9.93. The molecule has 2 amide bonds. The molecule has 4 rings (SSSR count). The number of hydrogen-bond donors (Lipinski definition) is 1. The van der Waals surface area contributed by atoms with E-state index in [2.05, 4.69) is 15.5 Å². The van der Waals surface area contributed by atoms with Gasteiger partial charge in [-0.15, -0.1) is 10.2 Å². The van der Waals surface area contributed by atoms with Crippen molar-refractivity contribution >= 4 is 23.5 Å². The quantitative estimate of drug-likeness (QED) is 0.742. The highest BCUT2D eigenvalue weighted by Crippen LogP contribution is 2.32. The molecule has 0 aliphatic carbocycles. The van der Waals surface area contributed by atoms with Gasteiger partial charge in [0.1, 0.15) is 5.82 Å². The van der Waals surface area contributed by atoms with Crippen LogP contribution in [0.4, 0.5) is 0 Å². The summed E-state index contributed by atoms with van der Waals surface area (Å²) in [5, 5.41) is 11.2. The molecule has 0 bridgehead atoms. The van der Waals surface area contributed by atoms with Gasteiger partial charge in [0.2, 0.25) is 11.8 Å². The fourth-order valence-electron chi connectivity index (χ4n) is 3.54. The lowest BCUT2D eigenvalue weighted by molar-refractivity contribution is -0.129. The van der Waals surface area contributed by atoms with E-state index in [4.69, 9.17) is 0 Å². The zero-order chi connectivity index (χ0) is 19.5. The monoisotopic (exact) mass is 375 g/mol. The van der Waals surface area contributed by atoms with Crippen molar-refractivity contribution in [3.8, 4) is 0 Å². The average molecular weight is 375 g/mol. The number of nitrogens with one attached hydrogen (secondary N) is 1. The molecule has 1 aliphatic rings. The Labute approximate surface area is 162 Å². The molecule has 7 heteroatoms. The third kappa shape index (κ3) is 3.51. The standard InChI is InChI=1S/C21H21N5O2/c1-15(27)25-13-10-16-6-2-3-7-17(16)18(25)14-21(28)22-11-9-20-24-23-19-8-4-5-12-26(19)20/h2-8,10,12-13,18H,9,11,14H2,1H3,(H,22,28)/t18-/m1/s1. The van der Waals surface area contributed by atoms with Crippen LogP contribution in [0.5, 0.6) is 0 Å². The number of hydrogen-bond acceptors (Lipinski definition) is 4. The van der Waals surface area contributed by atoms with E-state index in [0.29, 0.717) is 13.0 Å². The van der Waals surface area contributed by atoms with Gasteiger partial charge in [-0.2, -0.15) is 0 Å². The minimum Gasteiger partial charge on any atom is -0.356 e. The number of benzene rings is 1. The summed E-state index contributed by atoms with van der Waals surface area (Å²) in [5.74, 6) is 0.612. The number of aromatic nitrogens is 3. The fourth-order valence-corrected chi connectivity index (χ4v) is 3.54. The maximum atomic E-state index is 12.6. The van der Waals surface area contributed by atoms with E-state index >= 15 is 0 Å². The lowest BCUT2D eigenvalue weighted by Crippen LogP contribution is -2.35. The number of carbonyl (C=O) groups excluding carboxylic acids is 2. The second-order valence-electron chi connectivity index (χ2n) is 6.74. The van der Waals surface area contributed by atoms with E-state index in [1.54, 1.807) is 11.1 Å². The summed E-state index contributed by atoms with van der Waals surface area (Å²) in [6.07, 6.45) is 6.35. The van der Waals surface area contributed by atoms with Gasteiger partial charge in [0.25, 0.3) is 0 Å². The first-order chi connectivity index (χ1) is 13.6. The summed E-state index contributed by atoms with van der Waals surface area (Å²) in [7, 11) is 0. The van der Waals surface area contributed by atoms with Crippen molar-refractivity contribution in [1.29, 1.82) is 0 Å². The molecule has 3 heterocycles. The van der Waals surface area contributed by atoms with Crippen molar-refractivity contribution < 1.29 is 9.59 Å². The van der Waals surface area contributed by atoms with Gasteiger partial charge in [0.15, 0.2) is 5.65 Å². The molecule has 0 unspecified atom stereocenters. The van der Waals surface area contributed by atoms with Crippen molar-refractivity contribution in [2.45, 2.75) is 25.8 Å². The van der Waals surface area contributed by atoms with Crippen LogP contribution in [0, 0.1) is 0 Å². The van der Waals surface area contributed by atoms with Crippen molar-refractivity contribution in [1.82, 2.24) is 24.8 Å². The second-order valence-corrected chi connectivity index (χ2v) is 6.74. The first kappa shape index (κ1) is 17.9. The molecule has 7 nitrogen and oxygen atoms in total. The van der Waals surface area contributed by atoms with Crippen LogP contribution in [-0.2, 0) is 16.0 Å². The number of pyridine rings is 1. The first-order valence-electron chi connectivity index (χ1n) is 9.25. The van der Waals surface area contributed by atoms with Crippen LogP contribution < -0.4 is 5.32 Å². The molecule has 1 N–H and O–H groups in total. The minimum absolute atomic E-state index is 0.0847. The van der Waals surface area contributed by atoms with Crippen LogP contribution in [0.15, 0.2) is 54.9 Å².